The van der Waals surface area contributed by atoms with Crippen molar-refractivity contribution in [2.24, 2.45) is 0 Å². The summed E-state index contributed by atoms with van der Waals surface area (Å²) in [6, 6.07) is 7.59. The molecule has 2 aromatic carbocycles. The normalized spacial score (nSPS) is 14.4. The van der Waals surface area contributed by atoms with Gasteiger partial charge in [0.1, 0.15) is 5.75 Å². The second-order valence-electron chi connectivity index (χ2n) is 10.00. The van der Waals surface area contributed by atoms with Crippen molar-refractivity contribution in [3.8, 4) is 23.0 Å². The predicted octanol–water partition coefficient (Wildman–Crippen LogP) is 4.22. The number of hydrogen-bond donors (Lipinski definition) is 1. The number of benzene rings is 2. The molecule has 3 rings (SSSR count). The summed E-state index contributed by atoms with van der Waals surface area (Å²) in [7, 11) is 4.89. The first-order valence-corrected chi connectivity index (χ1v) is 13.6. The Bertz CT molecular complexity index is 1090. The van der Waals surface area contributed by atoms with E-state index in [1.54, 1.807) is 33.5 Å². The number of hydrogen-bond acceptors (Lipinski definition) is 8. The fourth-order valence-electron chi connectivity index (χ4n) is 5.05. The number of nitrogens with one attached hydrogen (secondary N) is 1. The largest absolute Gasteiger partial charge is 0.493 e. The van der Waals surface area contributed by atoms with E-state index in [-0.39, 0.29) is 11.9 Å². The highest BCUT2D eigenvalue weighted by Gasteiger charge is 2.17. The highest BCUT2D eigenvalue weighted by Crippen LogP contribution is 2.38. The predicted molar refractivity (Wildman–Crippen MR) is 152 cm³/mol. The number of esters is 1. The highest BCUT2D eigenvalue weighted by molar-refractivity contribution is 5.92. The van der Waals surface area contributed by atoms with Gasteiger partial charge in [0.2, 0.25) is 11.7 Å². The highest BCUT2D eigenvalue weighted by atomic mass is 16.5. The Morgan fingerprint density at radius 2 is 1.44 bits per heavy atom. The van der Waals surface area contributed by atoms with Crippen molar-refractivity contribution in [3.63, 3.8) is 0 Å². The van der Waals surface area contributed by atoms with Crippen molar-refractivity contribution in [2.45, 2.75) is 46.5 Å². The molecule has 0 radical (unpaired) electrons. The van der Waals surface area contributed by atoms with E-state index < -0.39 is 0 Å². The van der Waals surface area contributed by atoms with Gasteiger partial charge in [0.25, 0.3) is 0 Å². The second-order valence-corrected chi connectivity index (χ2v) is 10.00. The van der Waals surface area contributed by atoms with Gasteiger partial charge in [0.15, 0.2) is 11.5 Å². The summed E-state index contributed by atoms with van der Waals surface area (Å²) in [5, 5.41) is 3.04. The summed E-state index contributed by atoms with van der Waals surface area (Å²) < 4.78 is 21.6. The molecule has 39 heavy (non-hydrogen) atoms. The van der Waals surface area contributed by atoms with E-state index in [0.29, 0.717) is 29.4 Å². The molecule has 0 aromatic heterocycles. The standard InChI is InChI=1S/C30H43N3O6/c1-21-17-25(39-23(3)34)18-22(2)29(21)31-28(35)9-7-11-32-12-8-13-33(16-15-32)14-10-24-19-26(36-4)30(38-6)27(20-24)37-5/h17-20H,7-16H2,1-6H3,(H,31,35). The number of rotatable bonds is 12. The Morgan fingerprint density at radius 1 is 0.846 bits per heavy atom. The van der Waals surface area contributed by atoms with Gasteiger partial charge in [-0.15, -0.1) is 0 Å². The van der Waals surface area contributed by atoms with E-state index in [9.17, 15) is 9.59 Å². The monoisotopic (exact) mass is 541 g/mol. The SMILES string of the molecule is COc1cc(CCN2CCCN(CCCC(=O)Nc3c(C)cc(OC(C)=O)cc3C)CC2)cc(OC)c1OC. The lowest BCUT2D eigenvalue weighted by Gasteiger charge is -2.22. The molecule has 1 saturated heterocycles. The molecule has 0 unspecified atom stereocenters. The lowest BCUT2D eigenvalue weighted by Crippen LogP contribution is -2.32. The van der Waals surface area contributed by atoms with Crippen molar-refractivity contribution in [3.05, 3.63) is 41.0 Å². The summed E-state index contributed by atoms with van der Waals surface area (Å²) in [6.45, 7) is 11.1. The van der Waals surface area contributed by atoms with E-state index in [0.717, 1.165) is 80.9 Å². The fourth-order valence-corrected chi connectivity index (χ4v) is 5.05. The maximum Gasteiger partial charge on any atom is 0.308 e. The zero-order valence-electron chi connectivity index (χ0n) is 24.2. The van der Waals surface area contributed by atoms with Crippen LogP contribution in [0, 0.1) is 13.8 Å². The Hall–Kier alpha value is -3.30. The molecule has 0 aliphatic carbocycles. The number of anilines is 1. The van der Waals surface area contributed by atoms with Crippen molar-refractivity contribution in [2.75, 3.05) is 65.9 Å². The average molecular weight is 542 g/mol. The molecule has 1 aliphatic heterocycles. The van der Waals surface area contributed by atoms with Crippen molar-refractivity contribution in [1.29, 1.82) is 0 Å². The number of carbonyl (C=O) groups excluding carboxylic acids is 2. The minimum Gasteiger partial charge on any atom is -0.493 e. The molecular weight excluding hydrogens is 498 g/mol. The van der Waals surface area contributed by atoms with Crippen LogP contribution < -0.4 is 24.3 Å². The molecule has 0 spiro atoms. The van der Waals surface area contributed by atoms with E-state index in [2.05, 4.69) is 15.1 Å². The minimum absolute atomic E-state index is 0.00299. The third-order valence-corrected chi connectivity index (χ3v) is 7.03. The van der Waals surface area contributed by atoms with Gasteiger partial charge in [-0.05, 0) is 93.7 Å². The minimum atomic E-state index is -0.360. The van der Waals surface area contributed by atoms with Gasteiger partial charge in [-0.2, -0.15) is 0 Å². The maximum atomic E-state index is 12.6. The molecule has 1 heterocycles. The molecule has 9 nitrogen and oxygen atoms in total. The molecule has 1 aliphatic rings. The number of aryl methyl sites for hydroxylation is 2. The Morgan fingerprint density at radius 3 is 1.97 bits per heavy atom. The Balaban J connectivity index is 1.43. The average Bonchev–Trinajstić information content (AvgIpc) is 3.13. The number of amides is 1. The quantitative estimate of drug-likeness (QED) is 0.316. The molecular formula is C30H43N3O6. The summed E-state index contributed by atoms with van der Waals surface area (Å²) in [5.74, 6) is 2.12. The lowest BCUT2D eigenvalue weighted by atomic mass is 10.1. The molecule has 0 bridgehead atoms. The number of nitrogens with zero attached hydrogens (tertiary/aromatic N) is 2. The van der Waals surface area contributed by atoms with Crippen LogP contribution in [0.5, 0.6) is 23.0 Å². The van der Waals surface area contributed by atoms with Gasteiger partial charge < -0.3 is 34.1 Å². The second kappa shape index (κ2) is 14.7. The summed E-state index contributed by atoms with van der Waals surface area (Å²) >= 11 is 0. The number of ether oxygens (including phenoxy) is 4. The van der Waals surface area contributed by atoms with Crippen molar-refractivity contribution >= 4 is 17.6 Å². The number of methoxy groups -OCH3 is 3. The maximum absolute atomic E-state index is 12.6. The Labute approximate surface area is 232 Å². The van der Waals surface area contributed by atoms with Gasteiger partial charge >= 0.3 is 5.97 Å². The Kier molecular flexibility index (Phi) is 11.4. The van der Waals surface area contributed by atoms with Crippen LogP contribution in [0.4, 0.5) is 5.69 Å². The molecule has 2 aromatic rings. The summed E-state index contributed by atoms with van der Waals surface area (Å²) in [6.07, 6.45) is 3.28. The third-order valence-electron chi connectivity index (χ3n) is 7.03. The molecule has 1 amide bonds. The molecule has 9 heteroatoms. The van der Waals surface area contributed by atoms with E-state index in [1.165, 1.54) is 6.92 Å². The van der Waals surface area contributed by atoms with Crippen LogP contribution in [0.3, 0.4) is 0 Å². The van der Waals surface area contributed by atoms with Gasteiger partial charge in [-0.3, -0.25) is 9.59 Å². The summed E-state index contributed by atoms with van der Waals surface area (Å²) in [4.78, 5) is 28.8. The van der Waals surface area contributed by atoms with Gasteiger partial charge in [0, 0.05) is 38.7 Å². The van der Waals surface area contributed by atoms with Crippen LogP contribution in [0.2, 0.25) is 0 Å². The van der Waals surface area contributed by atoms with Gasteiger partial charge in [-0.1, -0.05) is 0 Å². The lowest BCUT2D eigenvalue weighted by molar-refractivity contribution is -0.131. The van der Waals surface area contributed by atoms with Gasteiger partial charge in [-0.25, -0.2) is 0 Å². The van der Waals surface area contributed by atoms with Crippen molar-refractivity contribution < 1.29 is 28.5 Å². The number of carbonyl (C=O) groups is 2. The van der Waals surface area contributed by atoms with Crippen LogP contribution >= 0.6 is 0 Å². The topological polar surface area (TPSA) is 89.6 Å². The van der Waals surface area contributed by atoms with Crippen LogP contribution in [0.25, 0.3) is 0 Å². The molecule has 214 valence electrons. The first-order valence-electron chi connectivity index (χ1n) is 13.6. The first-order chi connectivity index (χ1) is 18.7. The van der Waals surface area contributed by atoms with Crippen LogP contribution in [0.15, 0.2) is 24.3 Å². The molecule has 1 N–H and O–H groups in total. The van der Waals surface area contributed by atoms with E-state index in [4.69, 9.17) is 18.9 Å². The first kappa shape index (κ1) is 30.2. The zero-order valence-corrected chi connectivity index (χ0v) is 24.2. The van der Waals surface area contributed by atoms with Gasteiger partial charge in [0.05, 0.1) is 21.3 Å². The van der Waals surface area contributed by atoms with E-state index in [1.807, 2.05) is 26.0 Å². The smallest absolute Gasteiger partial charge is 0.308 e. The fraction of sp³-hybridized carbons (Fsp3) is 0.533. The van der Waals surface area contributed by atoms with Crippen LogP contribution in [0.1, 0.15) is 42.9 Å². The van der Waals surface area contributed by atoms with Crippen LogP contribution in [-0.4, -0.2) is 82.3 Å². The zero-order chi connectivity index (χ0) is 28.4. The third kappa shape index (κ3) is 8.86. The van der Waals surface area contributed by atoms with E-state index >= 15 is 0 Å². The summed E-state index contributed by atoms with van der Waals surface area (Å²) in [5.41, 5.74) is 3.69. The van der Waals surface area contributed by atoms with Crippen LogP contribution in [-0.2, 0) is 16.0 Å². The molecule has 0 atom stereocenters. The molecule has 0 saturated carbocycles. The molecule has 1 fully saturated rings. The van der Waals surface area contributed by atoms with Crippen molar-refractivity contribution in [1.82, 2.24) is 9.80 Å².